The lowest BCUT2D eigenvalue weighted by Gasteiger charge is -2.25. The Bertz CT molecular complexity index is 654. The summed E-state index contributed by atoms with van der Waals surface area (Å²) in [5.41, 5.74) is 3.17. The quantitative estimate of drug-likeness (QED) is 0.931. The first-order chi connectivity index (χ1) is 9.70. The average Bonchev–Trinajstić information content (AvgIpc) is 2.95. The van der Waals surface area contributed by atoms with E-state index in [1.807, 2.05) is 17.0 Å². The van der Waals surface area contributed by atoms with Crippen LogP contribution in [-0.2, 0) is 11.2 Å². The first-order valence-corrected chi connectivity index (χ1v) is 7.08. The number of anilines is 1. The van der Waals surface area contributed by atoms with E-state index >= 15 is 0 Å². The maximum Gasteiger partial charge on any atom is 0.326 e. The van der Waals surface area contributed by atoms with Gasteiger partial charge in [-0.3, -0.25) is 4.98 Å². The van der Waals surface area contributed by atoms with Crippen molar-refractivity contribution in [1.29, 1.82) is 0 Å². The van der Waals surface area contributed by atoms with Gasteiger partial charge >= 0.3 is 5.97 Å². The highest BCUT2D eigenvalue weighted by Gasteiger charge is 2.31. The van der Waals surface area contributed by atoms with Crippen LogP contribution in [0.3, 0.4) is 0 Å². The zero-order chi connectivity index (χ0) is 14.1. The molecule has 0 radical (unpaired) electrons. The number of carbonyl (C=O) groups is 1. The fourth-order valence-electron chi connectivity index (χ4n) is 2.96. The Morgan fingerprint density at radius 3 is 3.05 bits per heavy atom. The third-order valence-corrected chi connectivity index (χ3v) is 4.04. The van der Waals surface area contributed by atoms with Gasteiger partial charge in [0.25, 0.3) is 0 Å². The first kappa shape index (κ1) is 12.9. The molecule has 0 aliphatic carbocycles. The van der Waals surface area contributed by atoms with Crippen molar-refractivity contribution in [1.82, 2.24) is 4.98 Å². The zero-order valence-electron chi connectivity index (χ0n) is 11.5. The molecule has 0 unspecified atom stereocenters. The molecule has 0 saturated carbocycles. The molecule has 4 nitrogen and oxygen atoms in total. The van der Waals surface area contributed by atoms with Gasteiger partial charge in [0, 0.05) is 23.8 Å². The van der Waals surface area contributed by atoms with Crippen molar-refractivity contribution >= 4 is 22.6 Å². The van der Waals surface area contributed by atoms with Crippen LogP contribution in [0, 0.1) is 0 Å². The minimum Gasteiger partial charge on any atom is -0.480 e. The van der Waals surface area contributed by atoms with Crippen molar-refractivity contribution in [3.63, 3.8) is 0 Å². The lowest BCUT2D eigenvalue weighted by molar-refractivity contribution is -0.138. The van der Waals surface area contributed by atoms with Crippen LogP contribution in [-0.4, -0.2) is 28.6 Å². The van der Waals surface area contributed by atoms with Gasteiger partial charge in [-0.1, -0.05) is 13.0 Å². The van der Waals surface area contributed by atoms with Crippen molar-refractivity contribution in [3.8, 4) is 0 Å². The molecule has 1 aliphatic rings. The summed E-state index contributed by atoms with van der Waals surface area (Å²) < 4.78 is 0. The van der Waals surface area contributed by atoms with Crippen molar-refractivity contribution in [3.05, 3.63) is 36.0 Å². The van der Waals surface area contributed by atoms with Crippen LogP contribution in [0.5, 0.6) is 0 Å². The molecular weight excluding hydrogens is 252 g/mol. The highest BCUT2D eigenvalue weighted by atomic mass is 16.4. The number of aromatic nitrogens is 1. The number of fused-ring (bicyclic) bond motifs is 1. The minimum atomic E-state index is -0.737. The summed E-state index contributed by atoms with van der Waals surface area (Å²) in [5.74, 6) is -0.737. The predicted octanol–water partition coefficient (Wildman–Crippen LogP) is 2.85. The largest absolute Gasteiger partial charge is 0.480 e. The van der Waals surface area contributed by atoms with Crippen LogP contribution in [0.25, 0.3) is 10.9 Å². The van der Waals surface area contributed by atoms with E-state index in [2.05, 4.69) is 24.0 Å². The van der Waals surface area contributed by atoms with Crippen molar-refractivity contribution in [2.45, 2.75) is 32.2 Å². The van der Waals surface area contributed by atoms with Gasteiger partial charge in [0.2, 0.25) is 0 Å². The van der Waals surface area contributed by atoms with Crippen LogP contribution in [0.15, 0.2) is 30.5 Å². The van der Waals surface area contributed by atoms with Crippen LogP contribution in [0.4, 0.5) is 5.69 Å². The van der Waals surface area contributed by atoms with E-state index in [9.17, 15) is 9.90 Å². The number of benzene rings is 1. The van der Waals surface area contributed by atoms with Crippen LogP contribution < -0.4 is 4.90 Å². The summed E-state index contributed by atoms with van der Waals surface area (Å²) >= 11 is 0. The lowest BCUT2D eigenvalue weighted by Crippen LogP contribution is -2.36. The predicted molar refractivity (Wildman–Crippen MR) is 79.1 cm³/mol. The summed E-state index contributed by atoms with van der Waals surface area (Å²) in [5, 5.41) is 10.4. The molecule has 104 valence electrons. The molecule has 0 spiro atoms. The maximum absolute atomic E-state index is 11.4. The molecule has 1 aliphatic heterocycles. The molecule has 1 aromatic carbocycles. The summed E-state index contributed by atoms with van der Waals surface area (Å²) in [4.78, 5) is 17.8. The molecule has 3 rings (SSSR count). The highest BCUT2D eigenvalue weighted by molar-refractivity contribution is 5.94. The van der Waals surface area contributed by atoms with Gasteiger partial charge in [-0.05, 0) is 43.0 Å². The monoisotopic (exact) mass is 270 g/mol. The zero-order valence-corrected chi connectivity index (χ0v) is 11.5. The number of aryl methyl sites for hydroxylation is 1. The van der Waals surface area contributed by atoms with E-state index in [1.54, 1.807) is 6.20 Å². The van der Waals surface area contributed by atoms with E-state index in [0.717, 1.165) is 36.0 Å². The minimum absolute atomic E-state index is 0.411. The Labute approximate surface area is 118 Å². The summed E-state index contributed by atoms with van der Waals surface area (Å²) in [6.45, 7) is 2.92. The molecular formula is C16H18N2O2. The lowest BCUT2D eigenvalue weighted by atomic mass is 10.1. The topological polar surface area (TPSA) is 53.4 Å². The third kappa shape index (κ3) is 2.11. The Kier molecular flexibility index (Phi) is 3.30. The Balaban J connectivity index is 2.13. The SMILES string of the molecule is CCc1ccc2nccc(N3CCC[C@@H]3C(=O)O)c2c1. The highest BCUT2D eigenvalue weighted by Crippen LogP contribution is 2.32. The van der Waals surface area contributed by atoms with Gasteiger partial charge in [-0.25, -0.2) is 4.79 Å². The van der Waals surface area contributed by atoms with E-state index in [-0.39, 0.29) is 0 Å². The Morgan fingerprint density at radius 2 is 2.30 bits per heavy atom. The second-order valence-corrected chi connectivity index (χ2v) is 5.22. The second kappa shape index (κ2) is 5.12. The van der Waals surface area contributed by atoms with Gasteiger partial charge in [0.05, 0.1) is 5.52 Å². The fourth-order valence-corrected chi connectivity index (χ4v) is 2.96. The molecule has 0 amide bonds. The van der Waals surface area contributed by atoms with Gasteiger partial charge in [-0.2, -0.15) is 0 Å². The van der Waals surface area contributed by atoms with Gasteiger partial charge in [0.1, 0.15) is 6.04 Å². The molecule has 2 aromatic rings. The molecule has 1 atom stereocenters. The van der Waals surface area contributed by atoms with E-state index < -0.39 is 12.0 Å². The average molecular weight is 270 g/mol. The molecule has 2 heterocycles. The summed E-state index contributed by atoms with van der Waals surface area (Å²) in [6, 6.07) is 7.75. The Hall–Kier alpha value is -2.10. The number of carboxylic acid groups (broad SMARTS) is 1. The normalized spacial score (nSPS) is 18.6. The van der Waals surface area contributed by atoms with Crippen molar-refractivity contribution in [2.75, 3.05) is 11.4 Å². The number of rotatable bonds is 3. The van der Waals surface area contributed by atoms with Gasteiger partial charge < -0.3 is 10.0 Å². The summed E-state index contributed by atoms with van der Waals surface area (Å²) in [6.07, 6.45) is 4.37. The van der Waals surface area contributed by atoms with Crippen molar-refractivity contribution in [2.24, 2.45) is 0 Å². The number of aliphatic carboxylic acids is 1. The van der Waals surface area contributed by atoms with Crippen LogP contribution in [0.1, 0.15) is 25.3 Å². The van der Waals surface area contributed by atoms with Crippen LogP contribution >= 0.6 is 0 Å². The third-order valence-electron chi connectivity index (χ3n) is 4.04. The number of hydrogen-bond donors (Lipinski definition) is 1. The van der Waals surface area contributed by atoms with Crippen LogP contribution in [0.2, 0.25) is 0 Å². The standard InChI is InChI=1S/C16H18N2O2/c1-2-11-5-6-13-12(10-11)14(7-8-17-13)18-9-3-4-15(18)16(19)20/h5-8,10,15H,2-4,9H2,1H3,(H,19,20)/t15-/m1/s1. The Morgan fingerprint density at radius 1 is 1.45 bits per heavy atom. The van der Waals surface area contributed by atoms with Gasteiger partial charge in [0.15, 0.2) is 0 Å². The smallest absolute Gasteiger partial charge is 0.326 e. The molecule has 1 fully saturated rings. The summed E-state index contributed by atoms with van der Waals surface area (Å²) in [7, 11) is 0. The van der Waals surface area contributed by atoms with E-state index in [1.165, 1.54) is 5.56 Å². The number of nitrogens with zero attached hydrogens (tertiary/aromatic N) is 2. The molecule has 0 bridgehead atoms. The maximum atomic E-state index is 11.4. The molecule has 1 N–H and O–H groups in total. The second-order valence-electron chi connectivity index (χ2n) is 5.22. The van der Waals surface area contributed by atoms with E-state index in [4.69, 9.17) is 0 Å². The number of hydrogen-bond acceptors (Lipinski definition) is 3. The molecule has 4 heteroatoms. The fraction of sp³-hybridized carbons (Fsp3) is 0.375. The molecule has 20 heavy (non-hydrogen) atoms. The van der Waals surface area contributed by atoms with E-state index in [0.29, 0.717) is 6.42 Å². The molecule has 1 aromatic heterocycles. The van der Waals surface area contributed by atoms with Crippen molar-refractivity contribution < 1.29 is 9.90 Å². The van der Waals surface area contributed by atoms with Gasteiger partial charge in [-0.15, -0.1) is 0 Å². The number of pyridine rings is 1. The number of carboxylic acids is 1. The first-order valence-electron chi connectivity index (χ1n) is 7.08. The molecule has 1 saturated heterocycles.